The molecule has 0 saturated heterocycles. The molecule has 0 radical (unpaired) electrons. The van der Waals surface area contributed by atoms with Crippen LogP contribution in [0.3, 0.4) is 0 Å². The van der Waals surface area contributed by atoms with Gasteiger partial charge < -0.3 is 10.2 Å². The molecule has 2 N–H and O–H groups in total. The normalized spacial score (nSPS) is 16.0. The van der Waals surface area contributed by atoms with E-state index in [1.165, 1.54) is 0 Å². The van der Waals surface area contributed by atoms with Crippen LogP contribution in [-0.4, -0.2) is 32.2 Å². The second-order valence-electron chi connectivity index (χ2n) is 5.56. The molecule has 0 aliphatic carbocycles. The highest BCUT2D eigenvalue weighted by atomic mass is 35.5. The van der Waals surface area contributed by atoms with Crippen LogP contribution in [0.2, 0.25) is 5.15 Å². The number of rotatable bonds is 3. The van der Waals surface area contributed by atoms with E-state index >= 15 is 0 Å². The number of aliphatic hydroxyl groups is 2. The molecule has 0 amide bonds. The Labute approximate surface area is 107 Å². The molecular formula is C12H21ClN2O2. The second kappa shape index (κ2) is 4.96. The summed E-state index contributed by atoms with van der Waals surface area (Å²) in [6.07, 6.45) is -1.31. The van der Waals surface area contributed by atoms with E-state index in [1.807, 2.05) is 27.7 Å². The summed E-state index contributed by atoms with van der Waals surface area (Å²) in [7, 11) is 1.76. The minimum atomic E-state index is -0.838. The molecule has 1 rings (SSSR count). The first-order valence-electron chi connectivity index (χ1n) is 5.68. The second-order valence-corrected chi connectivity index (χ2v) is 5.92. The van der Waals surface area contributed by atoms with Crippen molar-refractivity contribution >= 4 is 11.6 Å². The van der Waals surface area contributed by atoms with Crippen LogP contribution in [0.5, 0.6) is 0 Å². The predicted octanol–water partition coefficient (Wildman–Crippen LogP) is 1.69. The molecule has 0 spiro atoms. The molecule has 1 aromatic rings. The minimum absolute atomic E-state index is 0.316. The first kappa shape index (κ1) is 14.5. The summed E-state index contributed by atoms with van der Waals surface area (Å²) >= 11 is 6.08. The molecule has 0 aliphatic heterocycles. The minimum Gasteiger partial charge on any atom is -0.390 e. The molecular weight excluding hydrogens is 240 g/mol. The van der Waals surface area contributed by atoms with Crippen LogP contribution < -0.4 is 0 Å². The Morgan fingerprint density at radius 3 is 2.24 bits per heavy atom. The van der Waals surface area contributed by atoms with Crippen LogP contribution in [0.4, 0.5) is 0 Å². The van der Waals surface area contributed by atoms with Gasteiger partial charge in [-0.3, -0.25) is 4.68 Å². The van der Waals surface area contributed by atoms with Crippen molar-refractivity contribution in [3.05, 3.63) is 16.4 Å². The summed E-state index contributed by atoms with van der Waals surface area (Å²) < 4.78 is 1.57. The van der Waals surface area contributed by atoms with Gasteiger partial charge in [0.1, 0.15) is 5.15 Å². The number of aliphatic hydroxyl groups excluding tert-OH is 2. The van der Waals surface area contributed by atoms with Crippen molar-refractivity contribution in [2.75, 3.05) is 0 Å². The fourth-order valence-corrected chi connectivity index (χ4v) is 2.06. The van der Waals surface area contributed by atoms with Gasteiger partial charge in [0, 0.05) is 19.0 Å². The molecule has 0 fully saturated rings. The van der Waals surface area contributed by atoms with Crippen molar-refractivity contribution in [2.45, 2.75) is 46.3 Å². The molecule has 1 aromatic heterocycles. The third-order valence-corrected chi connectivity index (χ3v) is 3.41. The molecule has 17 heavy (non-hydrogen) atoms. The van der Waals surface area contributed by atoms with E-state index in [-0.39, 0.29) is 5.41 Å². The zero-order valence-electron chi connectivity index (χ0n) is 11.0. The van der Waals surface area contributed by atoms with Gasteiger partial charge >= 0.3 is 0 Å². The highest BCUT2D eigenvalue weighted by molar-refractivity contribution is 6.30. The van der Waals surface area contributed by atoms with Gasteiger partial charge in [0.05, 0.1) is 17.9 Å². The van der Waals surface area contributed by atoms with Gasteiger partial charge in [-0.15, -0.1) is 0 Å². The van der Waals surface area contributed by atoms with Gasteiger partial charge in [0.15, 0.2) is 0 Å². The third-order valence-electron chi connectivity index (χ3n) is 2.93. The van der Waals surface area contributed by atoms with E-state index in [4.69, 9.17) is 11.6 Å². The molecule has 0 aliphatic rings. The summed E-state index contributed by atoms with van der Waals surface area (Å²) in [6.45, 7) is 7.51. The van der Waals surface area contributed by atoms with Crippen molar-refractivity contribution in [1.29, 1.82) is 0 Å². The lowest BCUT2D eigenvalue weighted by Crippen LogP contribution is -2.39. The number of hydrogen-bond acceptors (Lipinski definition) is 3. The molecule has 1 heterocycles. The number of aryl methyl sites for hydroxylation is 2. The van der Waals surface area contributed by atoms with E-state index in [1.54, 1.807) is 11.7 Å². The monoisotopic (exact) mass is 260 g/mol. The Morgan fingerprint density at radius 2 is 1.88 bits per heavy atom. The smallest absolute Gasteiger partial charge is 0.130 e. The summed E-state index contributed by atoms with van der Waals surface area (Å²) in [5, 5.41) is 24.7. The average molecular weight is 261 g/mol. The Kier molecular flexibility index (Phi) is 4.23. The first-order valence-corrected chi connectivity index (χ1v) is 6.06. The van der Waals surface area contributed by atoms with Crippen molar-refractivity contribution in [2.24, 2.45) is 12.5 Å². The average Bonchev–Trinajstić information content (AvgIpc) is 2.42. The van der Waals surface area contributed by atoms with Crippen LogP contribution in [-0.2, 0) is 13.5 Å². The summed E-state index contributed by atoms with van der Waals surface area (Å²) in [4.78, 5) is 0. The first-order chi connectivity index (χ1) is 7.64. The molecule has 2 unspecified atom stereocenters. The molecule has 0 saturated carbocycles. The maximum absolute atomic E-state index is 10.0. The Morgan fingerprint density at radius 1 is 1.35 bits per heavy atom. The van der Waals surface area contributed by atoms with Gasteiger partial charge in [-0.25, -0.2) is 0 Å². The summed E-state index contributed by atoms with van der Waals surface area (Å²) in [6, 6.07) is 0. The van der Waals surface area contributed by atoms with Gasteiger partial charge in [-0.1, -0.05) is 32.4 Å². The van der Waals surface area contributed by atoms with Gasteiger partial charge in [0.2, 0.25) is 0 Å². The van der Waals surface area contributed by atoms with Crippen LogP contribution in [0.15, 0.2) is 0 Å². The van der Waals surface area contributed by atoms with E-state index < -0.39 is 12.2 Å². The summed E-state index contributed by atoms with van der Waals surface area (Å²) in [5.74, 6) is 0. The Balaban J connectivity index is 2.85. The van der Waals surface area contributed by atoms with Crippen molar-refractivity contribution in [1.82, 2.24) is 9.78 Å². The lowest BCUT2D eigenvalue weighted by molar-refractivity contribution is -0.0434. The van der Waals surface area contributed by atoms with Crippen LogP contribution in [0.25, 0.3) is 0 Å². The summed E-state index contributed by atoms with van der Waals surface area (Å²) in [5.41, 5.74) is 1.23. The number of hydrogen-bond donors (Lipinski definition) is 2. The van der Waals surface area contributed by atoms with E-state index in [0.717, 1.165) is 11.3 Å². The quantitative estimate of drug-likeness (QED) is 0.870. The lowest BCUT2D eigenvalue weighted by atomic mass is 9.84. The van der Waals surface area contributed by atoms with E-state index in [9.17, 15) is 10.2 Å². The third kappa shape index (κ3) is 3.21. The van der Waals surface area contributed by atoms with Crippen molar-refractivity contribution in [3.8, 4) is 0 Å². The van der Waals surface area contributed by atoms with E-state index in [2.05, 4.69) is 5.10 Å². The number of nitrogens with zero attached hydrogens (tertiary/aromatic N) is 2. The zero-order chi connectivity index (χ0) is 13.4. The maximum atomic E-state index is 10.0. The molecule has 0 aromatic carbocycles. The Bertz CT molecular complexity index is 396. The van der Waals surface area contributed by atoms with Gasteiger partial charge in [-0.05, 0) is 12.3 Å². The largest absolute Gasteiger partial charge is 0.390 e. The van der Waals surface area contributed by atoms with Crippen molar-refractivity contribution < 1.29 is 10.2 Å². The standard InChI is InChI=1S/C12H21ClN2O2/c1-7-8(11(13)15(5)14-7)6-9(16)10(17)12(2,3)4/h9-10,16-17H,6H2,1-5H3. The molecule has 0 bridgehead atoms. The molecule has 5 heteroatoms. The zero-order valence-corrected chi connectivity index (χ0v) is 11.8. The van der Waals surface area contributed by atoms with Crippen LogP contribution in [0.1, 0.15) is 32.0 Å². The van der Waals surface area contributed by atoms with Crippen LogP contribution >= 0.6 is 11.6 Å². The highest BCUT2D eigenvalue weighted by Gasteiger charge is 2.30. The highest BCUT2D eigenvalue weighted by Crippen LogP contribution is 2.26. The topological polar surface area (TPSA) is 58.3 Å². The van der Waals surface area contributed by atoms with Crippen LogP contribution in [0, 0.1) is 12.3 Å². The fourth-order valence-electron chi connectivity index (χ4n) is 1.80. The number of halogens is 1. The number of aromatic nitrogens is 2. The van der Waals surface area contributed by atoms with Gasteiger partial charge in [-0.2, -0.15) is 5.10 Å². The van der Waals surface area contributed by atoms with Gasteiger partial charge in [0.25, 0.3) is 0 Å². The fraction of sp³-hybridized carbons (Fsp3) is 0.750. The molecule has 2 atom stereocenters. The van der Waals surface area contributed by atoms with E-state index in [0.29, 0.717) is 11.6 Å². The predicted molar refractivity (Wildman–Crippen MR) is 68.1 cm³/mol. The SMILES string of the molecule is Cc1nn(C)c(Cl)c1CC(O)C(O)C(C)(C)C. The molecule has 4 nitrogen and oxygen atoms in total. The Hall–Kier alpha value is -0.580. The lowest BCUT2D eigenvalue weighted by Gasteiger charge is -2.29. The maximum Gasteiger partial charge on any atom is 0.130 e. The van der Waals surface area contributed by atoms with Crippen molar-refractivity contribution in [3.63, 3.8) is 0 Å². The molecule has 98 valence electrons.